The largest absolute Gasteiger partial charge is 0.478 e. The summed E-state index contributed by atoms with van der Waals surface area (Å²) in [4.78, 5) is 11.7. The Morgan fingerprint density at radius 1 is 1.04 bits per heavy atom. The summed E-state index contributed by atoms with van der Waals surface area (Å²) >= 11 is 0. The predicted molar refractivity (Wildman–Crippen MR) is 101 cm³/mol. The lowest BCUT2D eigenvalue weighted by atomic mass is 9.86. The number of hydrogen-bond donors (Lipinski definition) is 1. The van der Waals surface area contributed by atoms with Gasteiger partial charge in [-0.1, -0.05) is 77.1 Å². The van der Waals surface area contributed by atoms with Crippen LogP contribution in [-0.4, -0.2) is 17.2 Å². The number of aliphatic carboxylic acids is 1. The Balaban J connectivity index is 2.21. The van der Waals surface area contributed by atoms with Gasteiger partial charge in [0.25, 0.3) is 0 Å². The topological polar surface area (TPSA) is 46.5 Å². The highest BCUT2D eigenvalue weighted by Gasteiger charge is 2.24. The summed E-state index contributed by atoms with van der Waals surface area (Å²) in [5.74, 6) is 0.150. The first kappa shape index (κ1) is 19.0. The van der Waals surface area contributed by atoms with Crippen molar-refractivity contribution in [1.29, 1.82) is 0 Å². The minimum atomic E-state index is -0.948. The molecule has 0 saturated heterocycles. The van der Waals surface area contributed by atoms with E-state index in [1.807, 2.05) is 36.4 Å². The summed E-state index contributed by atoms with van der Waals surface area (Å²) in [6.07, 6.45) is -0.569. The van der Waals surface area contributed by atoms with Crippen LogP contribution in [0.4, 0.5) is 0 Å². The van der Waals surface area contributed by atoms with E-state index in [0.29, 0.717) is 18.1 Å². The van der Waals surface area contributed by atoms with E-state index in [4.69, 9.17) is 4.74 Å². The zero-order chi connectivity index (χ0) is 18.6. The first-order valence-electron chi connectivity index (χ1n) is 8.76. The van der Waals surface area contributed by atoms with Crippen molar-refractivity contribution >= 4 is 5.97 Å². The van der Waals surface area contributed by atoms with Crippen LogP contribution in [0.15, 0.2) is 48.5 Å². The van der Waals surface area contributed by atoms with Crippen LogP contribution in [0.1, 0.15) is 57.2 Å². The number of carboxylic acids is 1. The molecule has 1 atom stereocenters. The third kappa shape index (κ3) is 5.09. The number of carbonyl (C=O) groups is 1. The lowest BCUT2D eigenvalue weighted by Gasteiger charge is -2.25. The molecule has 1 unspecified atom stereocenters. The van der Waals surface area contributed by atoms with Crippen molar-refractivity contribution in [3.8, 4) is 5.75 Å². The Hall–Kier alpha value is -2.29. The number of benzene rings is 2. The summed E-state index contributed by atoms with van der Waals surface area (Å²) in [6.45, 7) is 10.6. The summed E-state index contributed by atoms with van der Waals surface area (Å²) in [5.41, 5.74) is 3.11. The molecule has 0 aliphatic carbocycles. The monoisotopic (exact) mass is 340 g/mol. The second kappa shape index (κ2) is 7.73. The van der Waals surface area contributed by atoms with Gasteiger partial charge in [-0.2, -0.15) is 0 Å². The van der Waals surface area contributed by atoms with Crippen molar-refractivity contribution in [2.24, 2.45) is 0 Å². The standard InChI is InChI=1S/C22H28O3/c1-15(2)17-12-10-16(11-13-17)14-20(21(23)24)25-19-9-7-6-8-18(19)22(3,4)5/h6-13,15,20H,14H2,1-5H3,(H,23,24). The molecule has 25 heavy (non-hydrogen) atoms. The number of carboxylic acid groups (broad SMARTS) is 1. The molecule has 0 radical (unpaired) electrons. The molecule has 1 N–H and O–H groups in total. The van der Waals surface area contributed by atoms with Gasteiger partial charge in [-0.25, -0.2) is 4.79 Å². The molecule has 0 saturated carbocycles. The third-order valence-electron chi connectivity index (χ3n) is 4.31. The van der Waals surface area contributed by atoms with Gasteiger partial charge in [0.2, 0.25) is 0 Å². The quantitative estimate of drug-likeness (QED) is 0.788. The van der Waals surface area contributed by atoms with Crippen molar-refractivity contribution in [2.45, 2.75) is 58.5 Å². The highest BCUT2D eigenvalue weighted by molar-refractivity contribution is 5.73. The fraction of sp³-hybridized carbons (Fsp3) is 0.409. The van der Waals surface area contributed by atoms with Gasteiger partial charge in [0.15, 0.2) is 6.10 Å². The Morgan fingerprint density at radius 2 is 1.64 bits per heavy atom. The van der Waals surface area contributed by atoms with Gasteiger partial charge in [0, 0.05) is 6.42 Å². The van der Waals surface area contributed by atoms with Crippen molar-refractivity contribution in [3.05, 3.63) is 65.2 Å². The summed E-state index contributed by atoms with van der Waals surface area (Å²) in [7, 11) is 0. The zero-order valence-corrected chi connectivity index (χ0v) is 15.7. The molecule has 0 fully saturated rings. The second-order valence-electron chi connectivity index (χ2n) is 7.79. The highest BCUT2D eigenvalue weighted by Crippen LogP contribution is 2.32. The van der Waals surface area contributed by atoms with Gasteiger partial charge in [-0.15, -0.1) is 0 Å². The van der Waals surface area contributed by atoms with E-state index >= 15 is 0 Å². The summed E-state index contributed by atoms with van der Waals surface area (Å²) < 4.78 is 5.92. The molecule has 0 heterocycles. The van der Waals surface area contributed by atoms with E-state index in [2.05, 4.69) is 46.8 Å². The molecule has 0 aromatic heterocycles. The number of para-hydroxylation sites is 1. The van der Waals surface area contributed by atoms with E-state index in [9.17, 15) is 9.90 Å². The highest BCUT2D eigenvalue weighted by atomic mass is 16.5. The Kier molecular flexibility index (Phi) is 5.89. The zero-order valence-electron chi connectivity index (χ0n) is 15.7. The van der Waals surface area contributed by atoms with Crippen LogP contribution in [0.3, 0.4) is 0 Å². The average Bonchev–Trinajstić information content (AvgIpc) is 2.54. The molecule has 0 aliphatic rings. The van der Waals surface area contributed by atoms with Crippen LogP contribution in [-0.2, 0) is 16.6 Å². The molecule has 3 nitrogen and oxygen atoms in total. The van der Waals surface area contributed by atoms with Crippen LogP contribution < -0.4 is 4.74 Å². The molecule has 3 heteroatoms. The van der Waals surface area contributed by atoms with Crippen LogP contribution in [0.5, 0.6) is 5.75 Å². The minimum Gasteiger partial charge on any atom is -0.478 e. The number of ether oxygens (including phenoxy) is 1. The van der Waals surface area contributed by atoms with E-state index in [-0.39, 0.29) is 5.41 Å². The maximum atomic E-state index is 11.7. The van der Waals surface area contributed by atoms with Crippen LogP contribution in [0, 0.1) is 0 Å². The van der Waals surface area contributed by atoms with Gasteiger partial charge < -0.3 is 9.84 Å². The van der Waals surface area contributed by atoms with Crippen LogP contribution >= 0.6 is 0 Å². The smallest absolute Gasteiger partial charge is 0.345 e. The molecule has 2 rings (SSSR count). The maximum Gasteiger partial charge on any atom is 0.345 e. The molecule has 0 aliphatic heterocycles. The van der Waals surface area contributed by atoms with Gasteiger partial charge in [0.05, 0.1) is 0 Å². The van der Waals surface area contributed by atoms with E-state index in [1.54, 1.807) is 0 Å². The van der Waals surface area contributed by atoms with Crippen molar-refractivity contribution in [3.63, 3.8) is 0 Å². The fourth-order valence-corrected chi connectivity index (χ4v) is 2.77. The maximum absolute atomic E-state index is 11.7. The van der Waals surface area contributed by atoms with E-state index in [0.717, 1.165) is 11.1 Å². The number of rotatable bonds is 6. The lowest BCUT2D eigenvalue weighted by molar-refractivity contribution is -0.145. The first-order chi connectivity index (χ1) is 11.7. The van der Waals surface area contributed by atoms with Gasteiger partial charge >= 0.3 is 5.97 Å². The van der Waals surface area contributed by atoms with E-state index in [1.165, 1.54) is 5.56 Å². The molecule has 0 amide bonds. The molecular weight excluding hydrogens is 312 g/mol. The van der Waals surface area contributed by atoms with Crippen molar-refractivity contribution in [2.75, 3.05) is 0 Å². The molecule has 2 aromatic carbocycles. The predicted octanol–water partition coefficient (Wildman–Crippen LogP) is 5.18. The van der Waals surface area contributed by atoms with Gasteiger partial charge in [-0.3, -0.25) is 0 Å². The van der Waals surface area contributed by atoms with Crippen molar-refractivity contribution in [1.82, 2.24) is 0 Å². The minimum absolute atomic E-state index is 0.113. The van der Waals surface area contributed by atoms with Gasteiger partial charge in [-0.05, 0) is 34.1 Å². The normalized spacial score (nSPS) is 12.9. The lowest BCUT2D eigenvalue weighted by Crippen LogP contribution is -2.30. The van der Waals surface area contributed by atoms with Gasteiger partial charge in [0.1, 0.15) is 5.75 Å². The molecule has 2 aromatic rings. The Labute approximate surface area is 150 Å². The average molecular weight is 340 g/mol. The molecular formula is C22H28O3. The van der Waals surface area contributed by atoms with E-state index < -0.39 is 12.1 Å². The second-order valence-corrected chi connectivity index (χ2v) is 7.79. The van der Waals surface area contributed by atoms with Crippen LogP contribution in [0.2, 0.25) is 0 Å². The molecule has 134 valence electrons. The third-order valence-corrected chi connectivity index (χ3v) is 4.31. The van der Waals surface area contributed by atoms with Crippen molar-refractivity contribution < 1.29 is 14.6 Å². The molecule has 0 bridgehead atoms. The number of hydrogen-bond acceptors (Lipinski definition) is 2. The van der Waals surface area contributed by atoms with Crippen LogP contribution in [0.25, 0.3) is 0 Å². The Bertz CT molecular complexity index is 709. The molecule has 0 spiro atoms. The fourth-order valence-electron chi connectivity index (χ4n) is 2.77. The summed E-state index contributed by atoms with van der Waals surface area (Å²) in [5, 5.41) is 9.61. The summed E-state index contributed by atoms with van der Waals surface area (Å²) in [6, 6.07) is 15.8. The first-order valence-corrected chi connectivity index (χ1v) is 8.76. The SMILES string of the molecule is CC(C)c1ccc(CC(Oc2ccccc2C(C)(C)C)C(=O)O)cc1. The Morgan fingerprint density at radius 3 is 2.16 bits per heavy atom.